The van der Waals surface area contributed by atoms with Gasteiger partial charge in [0.15, 0.2) is 0 Å². The number of likely N-dealkylation sites (N-methyl/N-ethyl adjacent to an activating group) is 1. The van der Waals surface area contributed by atoms with Crippen LogP contribution in [0.3, 0.4) is 0 Å². The minimum absolute atomic E-state index is 0.203. The summed E-state index contributed by atoms with van der Waals surface area (Å²) >= 11 is 0. The summed E-state index contributed by atoms with van der Waals surface area (Å²) in [5.74, 6) is 0.190. The highest BCUT2D eigenvalue weighted by Crippen LogP contribution is 2.16. The molecule has 0 aliphatic rings. The molecule has 4 heteroatoms. The van der Waals surface area contributed by atoms with E-state index in [4.69, 9.17) is 4.74 Å². The Morgan fingerprint density at radius 3 is 2.39 bits per heavy atom. The van der Waals surface area contributed by atoms with Crippen LogP contribution in [0, 0.1) is 26.6 Å². The van der Waals surface area contributed by atoms with Crippen LogP contribution in [0.4, 0.5) is 4.39 Å². The first kappa shape index (κ1) is 17.0. The van der Waals surface area contributed by atoms with Crippen LogP contribution in [-0.4, -0.2) is 31.0 Å². The van der Waals surface area contributed by atoms with Crippen LogP contribution in [-0.2, 0) is 0 Å². The van der Waals surface area contributed by atoms with Gasteiger partial charge in [0.25, 0.3) is 5.91 Å². The third-order valence-electron chi connectivity index (χ3n) is 3.67. The topological polar surface area (TPSA) is 29.5 Å². The number of amides is 1. The average molecular weight is 315 g/mol. The molecule has 0 bridgehead atoms. The van der Waals surface area contributed by atoms with Crippen LogP contribution in [0.2, 0.25) is 0 Å². The minimum atomic E-state index is -0.404. The zero-order valence-corrected chi connectivity index (χ0v) is 14.0. The molecule has 23 heavy (non-hydrogen) atoms. The second-order valence-electron chi connectivity index (χ2n) is 5.86. The molecule has 0 aliphatic heterocycles. The van der Waals surface area contributed by atoms with E-state index in [1.54, 1.807) is 24.9 Å². The third-order valence-corrected chi connectivity index (χ3v) is 3.67. The van der Waals surface area contributed by atoms with Gasteiger partial charge in [-0.05, 0) is 61.7 Å². The van der Waals surface area contributed by atoms with Crippen molar-refractivity contribution in [2.24, 2.45) is 0 Å². The van der Waals surface area contributed by atoms with Gasteiger partial charge < -0.3 is 9.64 Å². The van der Waals surface area contributed by atoms with Gasteiger partial charge in [0.1, 0.15) is 18.2 Å². The lowest BCUT2D eigenvalue weighted by atomic mass is 10.1. The van der Waals surface area contributed by atoms with E-state index in [-0.39, 0.29) is 5.91 Å². The largest absolute Gasteiger partial charge is 0.492 e. The standard InChI is InChI=1S/C19H22FNO2/c1-13-9-14(2)11-17(10-13)23-8-7-21(4)19(22)18-12-16(20)6-5-15(18)3/h5-6,9-12H,7-8H2,1-4H3. The molecule has 122 valence electrons. The Labute approximate surface area is 136 Å². The van der Waals surface area contributed by atoms with E-state index in [0.29, 0.717) is 18.7 Å². The number of aryl methyl sites for hydroxylation is 3. The van der Waals surface area contributed by atoms with Crippen molar-refractivity contribution in [3.05, 3.63) is 64.5 Å². The second kappa shape index (κ2) is 7.27. The molecule has 0 atom stereocenters. The van der Waals surface area contributed by atoms with Crippen molar-refractivity contribution in [3.63, 3.8) is 0 Å². The number of halogens is 1. The van der Waals surface area contributed by atoms with Crippen LogP contribution in [0.5, 0.6) is 5.75 Å². The molecule has 2 aromatic rings. The molecule has 0 unspecified atom stereocenters. The lowest BCUT2D eigenvalue weighted by molar-refractivity contribution is 0.0772. The Morgan fingerprint density at radius 2 is 1.74 bits per heavy atom. The van der Waals surface area contributed by atoms with Crippen molar-refractivity contribution in [1.29, 1.82) is 0 Å². The van der Waals surface area contributed by atoms with Crippen molar-refractivity contribution >= 4 is 5.91 Å². The SMILES string of the molecule is Cc1cc(C)cc(OCCN(C)C(=O)c2cc(F)ccc2C)c1. The van der Waals surface area contributed by atoms with Crippen molar-refractivity contribution in [2.75, 3.05) is 20.2 Å². The lowest BCUT2D eigenvalue weighted by Gasteiger charge is -2.19. The van der Waals surface area contributed by atoms with Crippen LogP contribution in [0.1, 0.15) is 27.0 Å². The second-order valence-corrected chi connectivity index (χ2v) is 5.86. The molecule has 0 aliphatic carbocycles. The van der Waals surface area contributed by atoms with E-state index in [0.717, 1.165) is 22.4 Å². The lowest BCUT2D eigenvalue weighted by Crippen LogP contribution is -2.31. The zero-order valence-electron chi connectivity index (χ0n) is 14.0. The van der Waals surface area contributed by atoms with Crippen LogP contribution in [0.25, 0.3) is 0 Å². The Balaban J connectivity index is 1.95. The average Bonchev–Trinajstić information content (AvgIpc) is 2.48. The van der Waals surface area contributed by atoms with E-state index in [9.17, 15) is 9.18 Å². The number of nitrogens with zero attached hydrogens (tertiary/aromatic N) is 1. The first-order chi connectivity index (χ1) is 10.9. The molecule has 0 saturated heterocycles. The fraction of sp³-hybridized carbons (Fsp3) is 0.316. The minimum Gasteiger partial charge on any atom is -0.492 e. The summed E-state index contributed by atoms with van der Waals surface area (Å²) in [5.41, 5.74) is 3.43. The van der Waals surface area contributed by atoms with Gasteiger partial charge in [-0.3, -0.25) is 4.79 Å². The smallest absolute Gasteiger partial charge is 0.254 e. The summed E-state index contributed by atoms with van der Waals surface area (Å²) in [6.45, 7) is 6.65. The van der Waals surface area contributed by atoms with Crippen molar-refractivity contribution in [1.82, 2.24) is 4.90 Å². The highest BCUT2D eigenvalue weighted by atomic mass is 19.1. The van der Waals surface area contributed by atoms with Gasteiger partial charge in [0.2, 0.25) is 0 Å². The summed E-state index contributed by atoms with van der Waals surface area (Å²) in [5, 5.41) is 0. The maximum atomic E-state index is 13.3. The fourth-order valence-electron chi connectivity index (χ4n) is 2.45. The highest BCUT2D eigenvalue weighted by Gasteiger charge is 2.15. The van der Waals surface area contributed by atoms with E-state index in [1.807, 2.05) is 26.0 Å². The molecule has 3 nitrogen and oxygen atoms in total. The summed E-state index contributed by atoms with van der Waals surface area (Å²) < 4.78 is 19.0. The summed E-state index contributed by atoms with van der Waals surface area (Å²) in [6.07, 6.45) is 0. The van der Waals surface area contributed by atoms with Gasteiger partial charge >= 0.3 is 0 Å². The monoisotopic (exact) mass is 315 g/mol. The summed E-state index contributed by atoms with van der Waals surface area (Å²) in [7, 11) is 1.69. The molecule has 0 spiro atoms. The molecular weight excluding hydrogens is 293 g/mol. The Bertz CT molecular complexity index is 692. The predicted octanol–water partition coefficient (Wildman–Crippen LogP) is 3.90. The quantitative estimate of drug-likeness (QED) is 0.837. The van der Waals surface area contributed by atoms with Crippen molar-refractivity contribution in [3.8, 4) is 5.75 Å². The third kappa shape index (κ3) is 4.55. The van der Waals surface area contributed by atoms with E-state index >= 15 is 0 Å². The van der Waals surface area contributed by atoms with Gasteiger partial charge in [0, 0.05) is 12.6 Å². The molecule has 2 rings (SSSR count). The molecule has 0 saturated carbocycles. The van der Waals surface area contributed by atoms with E-state index in [2.05, 4.69) is 6.07 Å². The van der Waals surface area contributed by atoms with Crippen molar-refractivity contribution in [2.45, 2.75) is 20.8 Å². The fourth-order valence-corrected chi connectivity index (χ4v) is 2.45. The number of ether oxygens (including phenoxy) is 1. The highest BCUT2D eigenvalue weighted by molar-refractivity contribution is 5.95. The number of benzene rings is 2. The first-order valence-corrected chi connectivity index (χ1v) is 7.59. The number of carbonyl (C=O) groups excluding carboxylic acids is 1. The first-order valence-electron chi connectivity index (χ1n) is 7.59. The summed E-state index contributed by atoms with van der Waals surface area (Å²) in [4.78, 5) is 13.9. The van der Waals surface area contributed by atoms with E-state index < -0.39 is 5.82 Å². The summed E-state index contributed by atoms with van der Waals surface area (Å²) in [6, 6.07) is 10.3. The van der Waals surface area contributed by atoms with Gasteiger partial charge in [-0.15, -0.1) is 0 Å². The van der Waals surface area contributed by atoms with Crippen LogP contribution < -0.4 is 4.74 Å². The maximum absolute atomic E-state index is 13.3. The molecule has 0 radical (unpaired) electrons. The van der Waals surface area contributed by atoms with Crippen LogP contribution >= 0.6 is 0 Å². The normalized spacial score (nSPS) is 10.5. The van der Waals surface area contributed by atoms with Gasteiger partial charge in [-0.25, -0.2) is 4.39 Å². The van der Waals surface area contributed by atoms with E-state index in [1.165, 1.54) is 12.1 Å². The number of rotatable bonds is 5. The van der Waals surface area contributed by atoms with Crippen LogP contribution in [0.15, 0.2) is 36.4 Å². The molecule has 1 amide bonds. The molecular formula is C19H22FNO2. The molecule has 0 N–H and O–H groups in total. The Hall–Kier alpha value is -2.36. The Kier molecular flexibility index (Phi) is 5.37. The Morgan fingerprint density at radius 1 is 1.09 bits per heavy atom. The van der Waals surface area contributed by atoms with Gasteiger partial charge in [0.05, 0.1) is 6.54 Å². The number of hydrogen-bond donors (Lipinski definition) is 0. The molecule has 0 fully saturated rings. The molecule has 0 aromatic heterocycles. The van der Waals surface area contributed by atoms with Gasteiger partial charge in [-0.2, -0.15) is 0 Å². The van der Waals surface area contributed by atoms with Crippen molar-refractivity contribution < 1.29 is 13.9 Å². The number of carbonyl (C=O) groups is 1. The molecule has 0 heterocycles. The predicted molar refractivity (Wildman–Crippen MR) is 89.5 cm³/mol. The number of hydrogen-bond acceptors (Lipinski definition) is 2. The molecule has 2 aromatic carbocycles. The maximum Gasteiger partial charge on any atom is 0.254 e. The zero-order chi connectivity index (χ0) is 17.0. The van der Waals surface area contributed by atoms with Gasteiger partial charge in [-0.1, -0.05) is 12.1 Å².